The Bertz CT molecular complexity index is 680. The van der Waals surface area contributed by atoms with Crippen LogP contribution in [0, 0.1) is 13.8 Å². The van der Waals surface area contributed by atoms with Crippen molar-refractivity contribution in [2.75, 3.05) is 25.3 Å². The molecule has 0 aliphatic heterocycles. The molecule has 1 heterocycles. The van der Waals surface area contributed by atoms with E-state index in [1.165, 1.54) is 11.8 Å². The second-order valence-electron chi connectivity index (χ2n) is 5.18. The van der Waals surface area contributed by atoms with Crippen LogP contribution >= 0.6 is 11.8 Å². The van der Waals surface area contributed by atoms with Gasteiger partial charge < -0.3 is 14.8 Å². The highest BCUT2D eigenvalue weighted by molar-refractivity contribution is 7.99. The monoisotopic (exact) mass is 347 g/mol. The molecular weight excluding hydrogens is 326 g/mol. The summed E-state index contributed by atoms with van der Waals surface area (Å²) in [5, 5.41) is 3.54. The summed E-state index contributed by atoms with van der Waals surface area (Å²) in [7, 11) is 3.14. The summed E-state index contributed by atoms with van der Waals surface area (Å²) in [5.74, 6) is 1.78. The van der Waals surface area contributed by atoms with Crippen LogP contribution in [0.1, 0.15) is 17.8 Å². The van der Waals surface area contributed by atoms with E-state index in [1.807, 2.05) is 19.9 Å². The van der Waals surface area contributed by atoms with Crippen LogP contribution in [-0.4, -0.2) is 35.8 Å². The highest BCUT2D eigenvalue weighted by atomic mass is 32.2. The number of carbonyl (C=O) groups is 1. The van der Waals surface area contributed by atoms with Gasteiger partial charge in [0.2, 0.25) is 5.91 Å². The van der Waals surface area contributed by atoms with E-state index >= 15 is 0 Å². The molecule has 0 aliphatic rings. The average molecular weight is 347 g/mol. The molecule has 7 heteroatoms. The second-order valence-corrected chi connectivity index (χ2v) is 6.24. The van der Waals surface area contributed by atoms with Gasteiger partial charge in [0, 0.05) is 47.4 Å². The number of anilines is 1. The summed E-state index contributed by atoms with van der Waals surface area (Å²) >= 11 is 1.47. The number of benzene rings is 1. The Balaban J connectivity index is 1.89. The van der Waals surface area contributed by atoms with Crippen LogP contribution < -0.4 is 14.8 Å². The molecule has 6 nitrogen and oxygen atoms in total. The van der Waals surface area contributed by atoms with Gasteiger partial charge in [-0.1, -0.05) is 11.8 Å². The first-order chi connectivity index (χ1) is 11.5. The van der Waals surface area contributed by atoms with Gasteiger partial charge in [-0.3, -0.25) is 4.79 Å². The zero-order valence-corrected chi connectivity index (χ0v) is 15.1. The van der Waals surface area contributed by atoms with E-state index in [1.54, 1.807) is 32.4 Å². The first-order valence-electron chi connectivity index (χ1n) is 7.48. The van der Waals surface area contributed by atoms with E-state index in [2.05, 4.69) is 15.3 Å². The Labute approximate surface area is 146 Å². The number of aryl methyl sites for hydroxylation is 2. The lowest BCUT2D eigenvalue weighted by Gasteiger charge is -2.09. The summed E-state index contributed by atoms with van der Waals surface area (Å²) in [4.78, 5) is 20.8. The van der Waals surface area contributed by atoms with E-state index in [4.69, 9.17) is 9.47 Å². The van der Waals surface area contributed by atoms with Gasteiger partial charge in [-0.15, -0.1) is 0 Å². The predicted octanol–water partition coefficient (Wildman–Crippen LogP) is 3.23. The van der Waals surface area contributed by atoms with E-state index in [-0.39, 0.29) is 5.91 Å². The van der Waals surface area contributed by atoms with Crippen LogP contribution in [0.25, 0.3) is 0 Å². The Morgan fingerprint density at radius 1 is 1.04 bits per heavy atom. The fourth-order valence-corrected chi connectivity index (χ4v) is 2.98. The molecule has 0 aliphatic carbocycles. The lowest BCUT2D eigenvalue weighted by Crippen LogP contribution is -2.12. The topological polar surface area (TPSA) is 73.3 Å². The zero-order chi connectivity index (χ0) is 17.5. The number of carbonyl (C=O) groups excluding carboxylic acids is 1. The molecule has 0 saturated heterocycles. The first kappa shape index (κ1) is 18.1. The average Bonchev–Trinajstić information content (AvgIpc) is 2.53. The van der Waals surface area contributed by atoms with Crippen molar-refractivity contribution < 1.29 is 14.3 Å². The molecule has 0 bridgehead atoms. The molecule has 1 amide bonds. The highest BCUT2D eigenvalue weighted by Gasteiger charge is 2.08. The Kier molecular flexibility index (Phi) is 6.43. The van der Waals surface area contributed by atoms with Gasteiger partial charge in [0.1, 0.15) is 11.5 Å². The third-order valence-electron chi connectivity index (χ3n) is 3.16. The number of nitrogens with one attached hydrogen (secondary N) is 1. The van der Waals surface area contributed by atoms with Crippen LogP contribution in [0.5, 0.6) is 11.5 Å². The normalized spacial score (nSPS) is 10.3. The Morgan fingerprint density at radius 3 is 2.17 bits per heavy atom. The fourth-order valence-electron chi connectivity index (χ4n) is 2.10. The van der Waals surface area contributed by atoms with Crippen molar-refractivity contribution in [2.45, 2.75) is 25.4 Å². The van der Waals surface area contributed by atoms with Crippen molar-refractivity contribution in [1.29, 1.82) is 0 Å². The first-order valence-corrected chi connectivity index (χ1v) is 8.46. The third kappa shape index (κ3) is 5.42. The summed E-state index contributed by atoms with van der Waals surface area (Å²) < 4.78 is 10.4. The number of hydrogen-bond donors (Lipinski definition) is 1. The molecular formula is C17H21N3O3S. The van der Waals surface area contributed by atoms with Crippen LogP contribution in [-0.2, 0) is 4.79 Å². The van der Waals surface area contributed by atoms with E-state index in [0.29, 0.717) is 34.5 Å². The lowest BCUT2D eigenvalue weighted by molar-refractivity contribution is -0.115. The van der Waals surface area contributed by atoms with Crippen LogP contribution in [0.4, 0.5) is 5.69 Å². The van der Waals surface area contributed by atoms with Gasteiger partial charge in [-0.25, -0.2) is 9.97 Å². The predicted molar refractivity (Wildman–Crippen MR) is 95.0 cm³/mol. The largest absolute Gasteiger partial charge is 0.497 e. The third-order valence-corrected chi connectivity index (χ3v) is 4.01. The highest BCUT2D eigenvalue weighted by Crippen LogP contribution is 2.26. The molecule has 2 aromatic rings. The molecule has 1 aromatic heterocycles. The molecule has 128 valence electrons. The molecule has 2 rings (SSSR count). The number of ether oxygens (including phenoxy) is 2. The summed E-state index contributed by atoms with van der Waals surface area (Å²) in [6.45, 7) is 3.86. The molecule has 0 atom stereocenters. The number of hydrogen-bond acceptors (Lipinski definition) is 6. The van der Waals surface area contributed by atoms with E-state index < -0.39 is 0 Å². The molecule has 0 radical (unpaired) electrons. The number of aromatic nitrogens is 2. The number of thioether (sulfide) groups is 1. The maximum absolute atomic E-state index is 12.1. The van der Waals surface area contributed by atoms with Gasteiger partial charge in [0.05, 0.1) is 14.2 Å². The fraction of sp³-hybridized carbons (Fsp3) is 0.353. The molecule has 0 unspecified atom stereocenters. The van der Waals surface area contributed by atoms with Crippen molar-refractivity contribution in [1.82, 2.24) is 9.97 Å². The van der Waals surface area contributed by atoms with Crippen molar-refractivity contribution in [3.05, 3.63) is 35.7 Å². The van der Waals surface area contributed by atoms with Crippen LogP contribution in [0.15, 0.2) is 29.4 Å². The van der Waals surface area contributed by atoms with Crippen LogP contribution in [0.3, 0.4) is 0 Å². The minimum absolute atomic E-state index is 0.0813. The SMILES string of the molecule is COc1cc(NC(=O)CCSc2nc(C)cc(C)n2)cc(OC)c1. The molecule has 1 aromatic carbocycles. The number of amides is 1. The quantitative estimate of drug-likeness (QED) is 0.612. The van der Waals surface area contributed by atoms with Crippen molar-refractivity contribution in [2.24, 2.45) is 0 Å². The van der Waals surface area contributed by atoms with Gasteiger partial charge >= 0.3 is 0 Å². The van der Waals surface area contributed by atoms with Gasteiger partial charge in [-0.2, -0.15) is 0 Å². The smallest absolute Gasteiger partial charge is 0.225 e. The Hall–Kier alpha value is -2.28. The van der Waals surface area contributed by atoms with E-state index in [0.717, 1.165) is 11.4 Å². The number of rotatable bonds is 7. The molecule has 1 N–H and O–H groups in total. The lowest BCUT2D eigenvalue weighted by atomic mass is 10.2. The van der Waals surface area contributed by atoms with Crippen molar-refractivity contribution >= 4 is 23.4 Å². The second kappa shape index (κ2) is 8.54. The molecule has 0 saturated carbocycles. The van der Waals surface area contributed by atoms with Gasteiger partial charge in [0.25, 0.3) is 0 Å². The molecule has 0 spiro atoms. The Morgan fingerprint density at radius 2 is 1.62 bits per heavy atom. The minimum Gasteiger partial charge on any atom is -0.497 e. The summed E-state index contributed by atoms with van der Waals surface area (Å²) in [6, 6.07) is 7.18. The molecule has 24 heavy (non-hydrogen) atoms. The molecule has 0 fully saturated rings. The maximum atomic E-state index is 12.1. The van der Waals surface area contributed by atoms with Gasteiger partial charge in [0.15, 0.2) is 5.16 Å². The minimum atomic E-state index is -0.0813. The maximum Gasteiger partial charge on any atom is 0.225 e. The summed E-state index contributed by atoms with van der Waals surface area (Å²) in [6.07, 6.45) is 0.362. The van der Waals surface area contributed by atoms with E-state index in [9.17, 15) is 4.79 Å². The summed E-state index contributed by atoms with van der Waals surface area (Å²) in [5.41, 5.74) is 2.50. The number of nitrogens with zero attached hydrogens (tertiary/aromatic N) is 2. The number of methoxy groups -OCH3 is 2. The standard InChI is InChI=1S/C17H21N3O3S/c1-11-7-12(2)19-17(18-11)24-6-5-16(21)20-13-8-14(22-3)10-15(9-13)23-4/h7-10H,5-6H2,1-4H3,(H,20,21). The van der Waals surface area contributed by atoms with Crippen molar-refractivity contribution in [3.63, 3.8) is 0 Å². The zero-order valence-electron chi connectivity index (χ0n) is 14.3. The van der Waals surface area contributed by atoms with Gasteiger partial charge in [-0.05, 0) is 19.9 Å². The van der Waals surface area contributed by atoms with Crippen LogP contribution in [0.2, 0.25) is 0 Å². The van der Waals surface area contributed by atoms with Crippen molar-refractivity contribution in [3.8, 4) is 11.5 Å².